The zero-order valence-electron chi connectivity index (χ0n) is 7.80. The summed E-state index contributed by atoms with van der Waals surface area (Å²) < 4.78 is 38.5. The van der Waals surface area contributed by atoms with Crippen molar-refractivity contribution in [2.45, 2.75) is 25.6 Å². The number of alkyl halides is 3. The molecule has 0 fully saturated rings. The molecule has 0 saturated heterocycles. The number of rotatable bonds is 4. The van der Waals surface area contributed by atoms with Crippen LogP contribution in [0.15, 0.2) is 0 Å². The Bertz CT molecular complexity index is 241. The van der Waals surface area contributed by atoms with Gasteiger partial charge in [-0.15, -0.1) is 0 Å². The molecule has 0 radical (unpaired) electrons. The van der Waals surface area contributed by atoms with Gasteiger partial charge in [0.05, 0.1) is 0 Å². The Morgan fingerprint density at radius 2 is 2.00 bits per heavy atom. The van der Waals surface area contributed by atoms with Gasteiger partial charge >= 0.3 is 18.2 Å². The van der Waals surface area contributed by atoms with Crippen LogP contribution in [0, 0.1) is 0 Å². The number of carbonyl (C=O) groups is 2. The van der Waals surface area contributed by atoms with Gasteiger partial charge in [-0.3, -0.25) is 0 Å². The number of ether oxygens (including phenoxy) is 1. The first-order valence-corrected chi connectivity index (χ1v) is 3.99. The summed E-state index contributed by atoms with van der Waals surface area (Å²) in [6.45, 7) is -0.280. The Hall–Kier alpha value is -1.47. The summed E-state index contributed by atoms with van der Waals surface area (Å²) in [7, 11) is 0. The van der Waals surface area contributed by atoms with E-state index in [1.165, 1.54) is 6.92 Å². The topological polar surface area (TPSA) is 75.6 Å². The third-order valence-corrected chi connectivity index (χ3v) is 1.37. The zero-order valence-corrected chi connectivity index (χ0v) is 7.80. The van der Waals surface area contributed by atoms with Crippen LogP contribution in [0.4, 0.5) is 18.0 Å². The number of hydrogen-bond acceptors (Lipinski definition) is 3. The first kappa shape index (κ1) is 13.5. The van der Waals surface area contributed by atoms with E-state index in [1.807, 2.05) is 0 Å². The van der Waals surface area contributed by atoms with Gasteiger partial charge in [-0.05, 0) is 6.42 Å². The Balaban J connectivity index is 3.98. The number of amides is 1. The van der Waals surface area contributed by atoms with E-state index in [0.29, 0.717) is 0 Å². The lowest BCUT2D eigenvalue weighted by molar-refractivity contribution is -0.160. The van der Waals surface area contributed by atoms with Crippen LogP contribution in [0.3, 0.4) is 0 Å². The van der Waals surface area contributed by atoms with Crippen molar-refractivity contribution in [3.63, 3.8) is 0 Å². The number of hydrogen-bond donors (Lipinski definition) is 2. The molecule has 0 heterocycles. The van der Waals surface area contributed by atoms with E-state index in [-0.39, 0.29) is 6.42 Å². The summed E-state index contributed by atoms with van der Waals surface area (Å²) in [5.41, 5.74) is 0. The summed E-state index contributed by atoms with van der Waals surface area (Å²) in [5.74, 6) is -1.33. The number of nitrogens with one attached hydrogen (secondary N) is 1. The number of carboxylic acids is 1. The fourth-order valence-electron chi connectivity index (χ4n) is 0.670. The molecule has 0 aromatic heterocycles. The number of alkyl carbamates (subject to hydrolysis) is 1. The van der Waals surface area contributed by atoms with E-state index < -0.39 is 30.9 Å². The summed E-state index contributed by atoms with van der Waals surface area (Å²) in [5, 5.41) is 10.2. The SMILES string of the molecule is CC[C@H](NC(=O)OCC(F)(F)F)C(=O)O. The van der Waals surface area contributed by atoms with Crippen LogP contribution >= 0.6 is 0 Å². The minimum absolute atomic E-state index is 0.0520. The highest BCUT2D eigenvalue weighted by atomic mass is 19.4. The molecule has 1 atom stereocenters. The lowest BCUT2D eigenvalue weighted by atomic mass is 10.2. The van der Waals surface area contributed by atoms with Crippen molar-refractivity contribution in [1.29, 1.82) is 0 Å². The second-order valence-corrected chi connectivity index (χ2v) is 2.63. The first-order chi connectivity index (χ1) is 6.76. The largest absolute Gasteiger partial charge is 0.480 e. The zero-order chi connectivity index (χ0) is 12.1. The predicted molar refractivity (Wildman–Crippen MR) is 42.3 cm³/mol. The molecule has 0 rings (SSSR count). The highest BCUT2D eigenvalue weighted by molar-refractivity contribution is 5.79. The van der Waals surface area contributed by atoms with Crippen molar-refractivity contribution in [2.75, 3.05) is 6.61 Å². The van der Waals surface area contributed by atoms with Gasteiger partial charge in [-0.25, -0.2) is 9.59 Å². The van der Waals surface area contributed by atoms with Crippen molar-refractivity contribution in [1.82, 2.24) is 5.32 Å². The molecule has 8 heteroatoms. The fourth-order valence-corrected chi connectivity index (χ4v) is 0.670. The summed E-state index contributed by atoms with van der Waals surface area (Å²) in [6, 6.07) is -1.24. The number of aliphatic carboxylic acids is 1. The molecule has 0 aliphatic heterocycles. The molecule has 0 aromatic carbocycles. The second kappa shape index (κ2) is 5.42. The average Bonchev–Trinajstić information content (AvgIpc) is 2.09. The van der Waals surface area contributed by atoms with Gasteiger partial charge in [0, 0.05) is 0 Å². The monoisotopic (exact) mass is 229 g/mol. The smallest absolute Gasteiger partial charge is 0.422 e. The molecule has 0 aromatic rings. The van der Waals surface area contributed by atoms with Crippen molar-refractivity contribution >= 4 is 12.1 Å². The highest BCUT2D eigenvalue weighted by Crippen LogP contribution is 2.14. The molecule has 0 aliphatic rings. The van der Waals surface area contributed by atoms with E-state index in [9.17, 15) is 22.8 Å². The third kappa shape index (κ3) is 6.58. The van der Waals surface area contributed by atoms with Gasteiger partial charge in [0.25, 0.3) is 0 Å². The Labute approximate surface area is 83.2 Å². The van der Waals surface area contributed by atoms with Crippen molar-refractivity contribution in [2.24, 2.45) is 0 Å². The van der Waals surface area contributed by atoms with Crippen LogP contribution in [0.2, 0.25) is 0 Å². The van der Waals surface area contributed by atoms with Gasteiger partial charge in [0.2, 0.25) is 0 Å². The molecular formula is C7H10F3NO4. The maximum absolute atomic E-state index is 11.6. The van der Waals surface area contributed by atoms with E-state index in [4.69, 9.17) is 5.11 Å². The minimum atomic E-state index is -4.62. The van der Waals surface area contributed by atoms with Crippen LogP contribution in [0.5, 0.6) is 0 Å². The van der Waals surface area contributed by atoms with E-state index in [2.05, 4.69) is 4.74 Å². The number of carboxylic acid groups (broad SMARTS) is 1. The molecule has 0 unspecified atom stereocenters. The fraction of sp³-hybridized carbons (Fsp3) is 0.714. The highest BCUT2D eigenvalue weighted by Gasteiger charge is 2.30. The quantitative estimate of drug-likeness (QED) is 0.757. The molecule has 0 bridgehead atoms. The summed E-state index contributed by atoms with van der Waals surface area (Å²) in [6.07, 6.45) is -5.97. The van der Waals surface area contributed by atoms with Crippen molar-refractivity contribution < 1.29 is 32.6 Å². The molecule has 0 saturated carbocycles. The van der Waals surface area contributed by atoms with Gasteiger partial charge < -0.3 is 15.2 Å². The van der Waals surface area contributed by atoms with Gasteiger partial charge in [-0.1, -0.05) is 6.92 Å². The van der Waals surface area contributed by atoms with E-state index >= 15 is 0 Å². The molecule has 0 aliphatic carbocycles. The number of carbonyl (C=O) groups excluding carboxylic acids is 1. The second-order valence-electron chi connectivity index (χ2n) is 2.63. The molecule has 5 nitrogen and oxygen atoms in total. The lowest BCUT2D eigenvalue weighted by Gasteiger charge is -2.13. The minimum Gasteiger partial charge on any atom is -0.480 e. The van der Waals surface area contributed by atoms with Gasteiger partial charge in [0.15, 0.2) is 6.61 Å². The summed E-state index contributed by atoms with van der Waals surface area (Å²) >= 11 is 0. The molecular weight excluding hydrogens is 219 g/mol. The van der Waals surface area contributed by atoms with Crippen LogP contribution < -0.4 is 5.32 Å². The number of halogens is 3. The standard InChI is InChI=1S/C7H10F3NO4/c1-2-4(5(12)13)11-6(14)15-3-7(8,9)10/h4H,2-3H2,1H3,(H,11,14)(H,12,13)/t4-/m0/s1. The molecule has 2 N–H and O–H groups in total. The molecule has 88 valence electrons. The van der Waals surface area contributed by atoms with E-state index in [0.717, 1.165) is 0 Å². The lowest BCUT2D eigenvalue weighted by Crippen LogP contribution is -2.41. The third-order valence-electron chi connectivity index (χ3n) is 1.37. The Morgan fingerprint density at radius 1 is 1.47 bits per heavy atom. The first-order valence-electron chi connectivity index (χ1n) is 3.99. The van der Waals surface area contributed by atoms with Crippen LogP contribution in [-0.4, -0.2) is 36.0 Å². The van der Waals surface area contributed by atoms with Crippen molar-refractivity contribution in [3.05, 3.63) is 0 Å². The maximum atomic E-state index is 11.6. The predicted octanol–water partition coefficient (Wildman–Crippen LogP) is 1.14. The Morgan fingerprint density at radius 3 is 2.33 bits per heavy atom. The van der Waals surface area contributed by atoms with E-state index in [1.54, 1.807) is 5.32 Å². The molecule has 15 heavy (non-hydrogen) atoms. The van der Waals surface area contributed by atoms with Gasteiger partial charge in [-0.2, -0.15) is 13.2 Å². The van der Waals surface area contributed by atoms with Crippen molar-refractivity contribution in [3.8, 4) is 0 Å². The van der Waals surface area contributed by atoms with Crippen LogP contribution in [-0.2, 0) is 9.53 Å². The normalized spacial score (nSPS) is 13.1. The summed E-state index contributed by atoms with van der Waals surface area (Å²) in [4.78, 5) is 21.0. The molecule has 0 spiro atoms. The van der Waals surface area contributed by atoms with Crippen LogP contribution in [0.25, 0.3) is 0 Å². The van der Waals surface area contributed by atoms with Gasteiger partial charge in [0.1, 0.15) is 6.04 Å². The molecule has 1 amide bonds. The maximum Gasteiger partial charge on any atom is 0.422 e. The van der Waals surface area contributed by atoms with Crippen LogP contribution in [0.1, 0.15) is 13.3 Å². The average molecular weight is 229 g/mol. The Kier molecular flexibility index (Phi) is 4.89.